The molecule has 1 aromatic carbocycles. The van der Waals surface area contributed by atoms with Crippen molar-refractivity contribution >= 4 is 29.1 Å². The Balaban J connectivity index is 1.61. The first kappa shape index (κ1) is 16.6. The first-order valence-electron chi connectivity index (χ1n) is 8.15. The largest absolute Gasteiger partial charge is 0.508 e. The zero-order valence-corrected chi connectivity index (χ0v) is 14.9. The van der Waals surface area contributed by atoms with Gasteiger partial charge in [-0.25, -0.2) is 0 Å². The van der Waals surface area contributed by atoms with Gasteiger partial charge in [0.15, 0.2) is 0 Å². The van der Waals surface area contributed by atoms with Gasteiger partial charge in [-0.1, -0.05) is 23.2 Å². The Bertz CT molecular complexity index is 832. The van der Waals surface area contributed by atoms with Gasteiger partial charge >= 0.3 is 0 Å². The minimum atomic E-state index is -0.109. The summed E-state index contributed by atoms with van der Waals surface area (Å²) < 4.78 is 1.83. The van der Waals surface area contributed by atoms with Gasteiger partial charge in [-0.05, 0) is 12.1 Å². The zero-order chi connectivity index (χ0) is 17.6. The number of nitrogens with one attached hydrogen (secondary N) is 1. The second kappa shape index (κ2) is 6.48. The molecule has 2 aromatic rings. The summed E-state index contributed by atoms with van der Waals surface area (Å²) >= 11 is 12.4. The number of amides is 1. The molecule has 1 saturated heterocycles. The number of hydrogen-bond acceptors (Lipinski definition) is 5. The van der Waals surface area contributed by atoms with Crippen LogP contribution in [0.4, 0.5) is 0 Å². The lowest BCUT2D eigenvalue weighted by atomic mass is 9.96. The molecule has 2 aliphatic rings. The molecular formula is C16H17Cl2N5O2. The number of halogens is 2. The Labute approximate surface area is 154 Å². The van der Waals surface area contributed by atoms with Crippen molar-refractivity contribution in [3.63, 3.8) is 0 Å². The number of nitrogens with zero attached hydrogens (tertiary/aromatic N) is 4. The molecule has 0 aliphatic carbocycles. The first-order chi connectivity index (χ1) is 12.1. The first-order valence-corrected chi connectivity index (χ1v) is 8.90. The van der Waals surface area contributed by atoms with Crippen LogP contribution in [0.1, 0.15) is 27.9 Å². The lowest BCUT2D eigenvalue weighted by Gasteiger charge is -2.27. The highest BCUT2D eigenvalue weighted by Crippen LogP contribution is 2.41. The van der Waals surface area contributed by atoms with Crippen LogP contribution in [0.15, 0.2) is 12.1 Å². The molecule has 7 nitrogen and oxygen atoms in total. The lowest BCUT2D eigenvalue weighted by molar-refractivity contribution is 0.0718. The molecular weight excluding hydrogens is 365 g/mol. The highest BCUT2D eigenvalue weighted by atomic mass is 35.5. The van der Waals surface area contributed by atoms with Crippen molar-refractivity contribution < 1.29 is 9.90 Å². The number of piperazine rings is 1. The van der Waals surface area contributed by atoms with Crippen LogP contribution >= 0.6 is 23.2 Å². The number of carbonyl (C=O) groups is 1. The molecule has 1 unspecified atom stereocenters. The average molecular weight is 382 g/mol. The van der Waals surface area contributed by atoms with Crippen LogP contribution in [-0.2, 0) is 13.0 Å². The summed E-state index contributed by atoms with van der Waals surface area (Å²) in [6.07, 6.45) is 0.551. The van der Waals surface area contributed by atoms with Crippen LogP contribution in [0.5, 0.6) is 5.75 Å². The van der Waals surface area contributed by atoms with E-state index in [-0.39, 0.29) is 17.6 Å². The SMILES string of the molecule is O=C(c1nnc2n1CC(c1c(O)ccc(Cl)c1Cl)C2)N1CCNCC1. The van der Waals surface area contributed by atoms with Crippen molar-refractivity contribution in [2.45, 2.75) is 18.9 Å². The van der Waals surface area contributed by atoms with Gasteiger partial charge in [-0.2, -0.15) is 0 Å². The van der Waals surface area contributed by atoms with Gasteiger partial charge < -0.3 is 19.9 Å². The number of carbonyl (C=O) groups excluding carboxylic acids is 1. The molecule has 1 fully saturated rings. The quantitative estimate of drug-likeness (QED) is 0.826. The summed E-state index contributed by atoms with van der Waals surface area (Å²) in [5.41, 5.74) is 0.597. The maximum absolute atomic E-state index is 12.7. The third-order valence-corrected chi connectivity index (χ3v) is 5.59. The average Bonchev–Trinajstić information content (AvgIpc) is 3.19. The molecule has 2 N–H and O–H groups in total. The Morgan fingerprint density at radius 1 is 1.24 bits per heavy atom. The molecule has 3 heterocycles. The molecule has 0 bridgehead atoms. The monoisotopic (exact) mass is 381 g/mol. The van der Waals surface area contributed by atoms with Gasteiger partial charge in [0.1, 0.15) is 11.6 Å². The normalized spacial score (nSPS) is 19.9. The van der Waals surface area contributed by atoms with Gasteiger partial charge in [0.2, 0.25) is 5.82 Å². The Kier molecular flexibility index (Phi) is 4.31. The molecule has 1 atom stereocenters. The van der Waals surface area contributed by atoms with Gasteiger partial charge in [0, 0.05) is 50.6 Å². The smallest absolute Gasteiger partial charge is 0.291 e. The summed E-state index contributed by atoms with van der Waals surface area (Å²) in [6.45, 7) is 3.36. The fourth-order valence-electron chi connectivity index (χ4n) is 3.49. The third kappa shape index (κ3) is 2.86. The minimum Gasteiger partial charge on any atom is -0.508 e. The molecule has 132 valence electrons. The molecule has 25 heavy (non-hydrogen) atoms. The topological polar surface area (TPSA) is 83.3 Å². The molecule has 0 spiro atoms. The van der Waals surface area contributed by atoms with Crippen molar-refractivity contribution in [1.29, 1.82) is 0 Å². The van der Waals surface area contributed by atoms with E-state index in [2.05, 4.69) is 15.5 Å². The Morgan fingerprint density at radius 3 is 2.76 bits per heavy atom. The van der Waals surface area contributed by atoms with E-state index < -0.39 is 0 Å². The maximum atomic E-state index is 12.7. The summed E-state index contributed by atoms with van der Waals surface area (Å²) in [4.78, 5) is 14.5. The van der Waals surface area contributed by atoms with E-state index in [4.69, 9.17) is 23.2 Å². The molecule has 1 aromatic heterocycles. The van der Waals surface area contributed by atoms with Crippen molar-refractivity contribution in [2.24, 2.45) is 0 Å². The van der Waals surface area contributed by atoms with Gasteiger partial charge in [-0.15, -0.1) is 10.2 Å². The van der Waals surface area contributed by atoms with Crippen LogP contribution in [0.3, 0.4) is 0 Å². The minimum absolute atomic E-state index is 0.0914. The van der Waals surface area contributed by atoms with E-state index in [0.717, 1.165) is 18.9 Å². The highest BCUT2D eigenvalue weighted by molar-refractivity contribution is 6.42. The standard InChI is InChI=1S/C16H17Cl2N5O2/c17-10-1-2-11(24)13(14(10)18)9-7-12-20-21-15(23(12)8-9)16(25)22-5-3-19-4-6-22/h1-2,9,19,24H,3-8H2. The number of benzene rings is 1. The van der Waals surface area contributed by atoms with E-state index in [9.17, 15) is 9.90 Å². The van der Waals surface area contributed by atoms with Crippen molar-refractivity contribution in [1.82, 2.24) is 25.0 Å². The van der Waals surface area contributed by atoms with Gasteiger partial charge in [0.25, 0.3) is 5.91 Å². The second-order valence-electron chi connectivity index (χ2n) is 6.29. The summed E-state index contributed by atoms with van der Waals surface area (Å²) in [5.74, 6) is 0.970. The fraction of sp³-hybridized carbons (Fsp3) is 0.438. The third-order valence-electron chi connectivity index (χ3n) is 4.77. The number of rotatable bonds is 2. The summed E-state index contributed by atoms with van der Waals surface area (Å²) in [7, 11) is 0. The Morgan fingerprint density at radius 2 is 2.00 bits per heavy atom. The van der Waals surface area contributed by atoms with Crippen molar-refractivity contribution in [3.05, 3.63) is 39.4 Å². The molecule has 9 heteroatoms. The number of aromatic nitrogens is 3. The summed E-state index contributed by atoms with van der Waals surface area (Å²) in [5, 5.41) is 22.4. The van der Waals surface area contributed by atoms with Crippen molar-refractivity contribution in [3.8, 4) is 5.75 Å². The van der Waals surface area contributed by atoms with E-state index >= 15 is 0 Å². The van der Waals surface area contributed by atoms with Gasteiger partial charge in [0.05, 0.1) is 10.0 Å². The van der Waals surface area contributed by atoms with Crippen LogP contribution in [-0.4, -0.2) is 56.9 Å². The maximum Gasteiger partial charge on any atom is 0.291 e. The predicted molar refractivity (Wildman–Crippen MR) is 93.4 cm³/mol. The number of fused-ring (bicyclic) bond motifs is 1. The molecule has 4 rings (SSSR count). The molecule has 0 saturated carbocycles. The van der Waals surface area contributed by atoms with Crippen LogP contribution in [0.25, 0.3) is 0 Å². The number of aromatic hydroxyl groups is 1. The van der Waals surface area contributed by atoms with E-state index in [0.29, 0.717) is 47.5 Å². The van der Waals surface area contributed by atoms with Crippen LogP contribution < -0.4 is 5.32 Å². The molecule has 2 aliphatic heterocycles. The number of phenolic OH excluding ortho intramolecular Hbond substituents is 1. The van der Waals surface area contributed by atoms with Crippen LogP contribution in [0.2, 0.25) is 10.0 Å². The van der Waals surface area contributed by atoms with Gasteiger partial charge in [-0.3, -0.25) is 4.79 Å². The fourth-order valence-corrected chi connectivity index (χ4v) is 3.97. The van der Waals surface area contributed by atoms with E-state index in [1.165, 1.54) is 6.07 Å². The molecule has 0 radical (unpaired) electrons. The number of phenols is 1. The number of hydrogen-bond donors (Lipinski definition) is 2. The zero-order valence-electron chi connectivity index (χ0n) is 13.4. The van der Waals surface area contributed by atoms with E-state index in [1.54, 1.807) is 11.0 Å². The summed E-state index contributed by atoms with van der Waals surface area (Å²) in [6, 6.07) is 3.10. The van der Waals surface area contributed by atoms with Crippen LogP contribution in [0, 0.1) is 0 Å². The van der Waals surface area contributed by atoms with E-state index in [1.807, 2.05) is 4.57 Å². The predicted octanol–water partition coefficient (Wildman–Crippen LogP) is 1.68. The molecule has 1 amide bonds. The highest BCUT2D eigenvalue weighted by Gasteiger charge is 2.34. The Hall–Kier alpha value is -1.83. The van der Waals surface area contributed by atoms with Crippen molar-refractivity contribution in [2.75, 3.05) is 26.2 Å². The lowest BCUT2D eigenvalue weighted by Crippen LogP contribution is -2.47. The second-order valence-corrected chi connectivity index (χ2v) is 7.07.